The highest BCUT2D eigenvalue weighted by Gasteiger charge is 2.35. The molecule has 1 fully saturated rings. The van der Waals surface area contributed by atoms with Gasteiger partial charge >= 0.3 is 6.18 Å². The number of benzene rings is 1. The van der Waals surface area contributed by atoms with Crippen molar-refractivity contribution in [1.82, 2.24) is 15.0 Å². The van der Waals surface area contributed by atoms with E-state index in [2.05, 4.69) is 10.1 Å². The molecule has 1 aliphatic heterocycles. The number of pyridine rings is 1. The van der Waals surface area contributed by atoms with E-state index in [1.807, 2.05) is 18.2 Å². The van der Waals surface area contributed by atoms with Crippen molar-refractivity contribution in [3.8, 4) is 5.88 Å². The normalized spacial score (nSPS) is 15.0. The van der Waals surface area contributed by atoms with E-state index in [-0.39, 0.29) is 37.4 Å². The van der Waals surface area contributed by atoms with Gasteiger partial charge in [0.1, 0.15) is 17.5 Å². The van der Waals surface area contributed by atoms with Crippen molar-refractivity contribution in [2.45, 2.75) is 18.7 Å². The minimum Gasteiger partial charge on any atom is -0.471 e. The molecule has 9 heteroatoms. The minimum absolute atomic E-state index is 0.0888. The molecule has 0 N–H and O–H groups in total. The number of rotatable bonds is 4. The van der Waals surface area contributed by atoms with E-state index < -0.39 is 11.9 Å². The molecule has 140 valence electrons. The number of likely N-dealkylation sites (tertiary alicyclic amines) is 1. The maximum atomic E-state index is 12.7. The number of alkyl halides is 3. The van der Waals surface area contributed by atoms with E-state index >= 15 is 0 Å². The van der Waals surface area contributed by atoms with Crippen LogP contribution in [0.15, 0.2) is 47.0 Å². The number of nitrogens with zero attached hydrogens (tertiary/aromatic N) is 3. The second-order valence-electron chi connectivity index (χ2n) is 6.20. The maximum Gasteiger partial charge on any atom is 0.433 e. The number of ether oxygens (including phenoxy) is 1. The number of fused-ring (bicyclic) bond motifs is 1. The molecule has 6 nitrogen and oxygen atoms in total. The highest BCUT2D eigenvalue weighted by atomic mass is 19.4. The molecule has 1 aliphatic rings. The molecule has 0 aliphatic carbocycles. The Balaban J connectivity index is 1.34. The van der Waals surface area contributed by atoms with Crippen molar-refractivity contribution < 1.29 is 27.2 Å². The van der Waals surface area contributed by atoms with Crippen LogP contribution in [-0.4, -0.2) is 40.1 Å². The Morgan fingerprint density at radius 1 is 1.19 bits per heavy atom. The van der Waals surface area contributed by atoms with E-state index in [4.69, 9.17) is 9.26 Å². The molecule has 27 heavy (non-hydrogen) atoms. The Morgan fingerprint density at radius 2 is 1.96 bits per heavy atom. The zero-order valence-electron chi connectivity index (χ0n) is 13.9. The summed E-state index contributed by atoms with van der Waals surface area (Å²) in [4.78, 5) is 17.4. The van der Waals surface area contributed by atoms with Crippen molar-refractivity contribution >= 4 is 16.9 Å². The van der Waals surface area contributed by atoms with Crippen LogP contribution in [0.3, 0.4) is 0 Å². The number of carbonyl (C=O) groups is 1. The Bertz CT molecular complexity index is 980. The molecule has 3 aromatic rings. The highest BCUT2D eigenvalue weighted by Crippen LogP contribution is 2.29. The lowest BCUT2D eigenvalue weighted by atomic mass is 10.1. The molecule has 0 radical (unpaired) electrons. The van der Waals surface area contributed by atoms with Crippen LogP contribution in [-0.2, 0) is 17.4 Å². The highest BCUT2D eigenvalue weighted by molar-refractivity contribution is 5.86. The van der Waals surface area contributed by atoms with Crippen molar-refractivity contribution in [3.63, 3.8) is 0 Å². The lowest BCUT2D eigenvalue weighted by Gasteiger charge is -2.38. The molecule has 0 unspecified atom stereocenters. The predicted octanol–water partition coefficient (Wildman–Crippen LogP) is 3.07. The first-order chi connectivity index (χ1) is 12.9. The molecule has 0 atom stereocenters. The van der Waals surface area contributed by atoms with Crippen molar-refractivity contribution in [2.75, 3.05) is 13.1 Å². The van der Waals surface area contributed by atoms with Crippen LogP contribution in [0.5, 0.6) is 5.88 Å². The molecular formula is C18H14F3N3O3. The lowest BCUT2D eigenvalue weighted by Crippen LogP contribution is -2.56. The Hall–Kier alpha value is -3.10. The van der Waals surface area contributed by atoms with Gasteiger partial charge in [-0.1, -0.05) is 23.4 Å². The second kappa shape index (κ2) is 6.57. The van der Waals surface area contributed by atoms with Crippen molar-refractivity contribution in [2.24, 2.45) is 0 Å². The summed E-state index contributed by atoms with van der Waals surface area (Å²) in [6.45, 7) is 0.569. The average molecular weight is 377 g/mol. The predicted molar refractivity (Wildman–Crippen MR) is 87.9 cm³/mol. The standard InChI is InChI=1S/C18H14F3N3O3/c19-18(20,21)15-6-3-7-16(22-15)26-11-9-24(10-11)17(25)8-13-12-4-1-2-5-14(12)27-23-13/h1-7,11H,8-10H2. The smallest absolute Gasteiger partial charge is 0.433 e. The van der Waals surface area contributed by atoms with Gasteiger partial charge in [0.25, 0.3) is 0 Å². The quantitative estimate of drug-likeness (QED) is 0.699. The summed E-state index contributed by atoms with van der Waals surface area (Å²) in [7, 11) is 0. The molecule has 0 spiro atoms. The maximum absolute atomic E-state index is 12.7. The van der Waals surface area contributed by atoms with Gasteiger partial charge in [0, 0.05) is 11.5 Å². The minimum atomic E-state index is -4.53. The van der Waals surface area contributed by atoms with Crippen LogP contribution in [0.2, 0.25) is 0 Å². The number of carbonyl (C=O) groups excluding carboxylic acids is 1. The molecule has 1 aromatic carbocycles. The van der Waals surface area contributed by atoms with Gasteiger partial charge in [0.15, 0.2) is 5.58 Å². The molecule has 4 rings (SSSR count). The first kappa shape index (κ1) is 17.3. The van der Waals surface area contributed by atoms with E-state index in [9.17, 15) is 18.0 Å². The molecule has 0 bridgehead atoms. The third-order valence-corrected chi connectivity index (χ3v) is 4.27. The van der Waals surface area contributed by atoms with Gasteiger partial charge in [-0.05, 0) is 18.2 Å². The van der Waals surface area contributed by atoms with Gasteiger partial charge in [0.2, 0.25) is 11.8 Å². The van der Waals surface area contributed by atoms with Crippen LogP contribution >= 0.6 is 0 Å². The third kappa shape index (κ3) is 3.57. The number of hydrogen-bond acceptors (Lipinski definition) is 5. The summed E-state index contributed by atoms with van der Waals surface area (Å²) >= 11 is 0. The van der Waals surface area contributed by atoms with E-state index in [0.717, 1.165) is 11.5 Å². The Labute approximate surface area is 151 Å². The van der Waals surface area contributed by atoms with E-state index in [0.29, 0.717) is 11.3 Å². The zero-order valence-corrected chi connectivity index (χ0v) is 13.9. The summed E-state index contributed by atoms with van der Waals surface area (Å²) in [6.07, 6.45) is -4.83. The van der Waals surface area contributed by atoms with Gasteiger partial charge < -0.3 is 14.2 Å². The molecular weight excluding hydrogens is 363 g/mol. The fourth-order valence-electron chi connectivity index (χ4n) is 2.85. The SMILES string of the molecule is O=C(Cc1noc2ccccc12)N1CC(Oc2cccc(C(F)(F)F)n2)C1. The number of aromatic nitrogens is 2. The van der Waals surface area contributed by atoms with E-state index in [1.165, 1.54) is 12.1 Å². The van der Waals surface area contributed by atoms with Gasteiger partial charge in [-0.15, -0.1) is 0 Å². The Morgan fingerprint density at radius 3 is 2.74 bits per heavy atom. The monoisotopic (exact) mass is 377 g/mol. The molecule has 1 amide bonds. The summed E-state index contributed by atoms with van der Waals surface area (Å²) in [5.74, 6) is -0.254. The lowest BCUT2D eigenvalue weighted by molar-refractivity contribution is -0.142. The van der Waals surface area contributed by atoms with Crippen LogP contribution in [0.1, 0.15) is 11.4 Å². The largest absolute Gasteiger partial charge is 0.471 e. The summed E-state index contributed by atoms with van der Waals surface area (Å²) in [5, 5.41) is 4.71. The topological polar surface area (TPSA) is 68.5 Å². The second-order valence-corrected chi connectivity index (χ2v) is 6.20. The van der Waals surface area contributed by atoms with Crippen molar-refractivity contribution in [3.05, 3.63) is 53.9 Å². The number of hydrogen-bond donors (Lipinski definition) is 0. The van der Waals surface area contributed by atoms with Gasteiger partial charge in [-0.25, -0.2) is 4.98 Å². The van der Waals surface area contributed by atoms with E-state index in [1.54, 1.807) is 11.0 Å². The first-order valence-corrected chi connectivity index (χ1v) is 8.22. The summed E-state index contributed by atoms with van der Waals surface area (Å²) < 4.78 is 48.6. The molecule has 3 heterocycles. The summed E-state index contributed by atoms with van der Waals surface area (Å²) in [5.41, 5.74) is 0.158. The van der Waals surface area contributed by atoms with Crippen LogP contribution < -0.4 is 4.74 Å². The first-order valence-electron chi connectivity index (χ1n) is 8.22. The van der Waals surface area contributed by atoms with Crippen molar-refractivity contribution in [1.29, 1.82) is 0 Å². The van der Waals surface area contributed by atoms with Crippen LogP contribution in [0.4, 0.5) is 13.2 Å². The van der Waals surface area contributed by atoms with Gasteiger partial charge in [0.05, 0.1) is 19.5 Å². The molecule has 2 aromatic heterocycles. The van der Waals surface area contributed by atoms with Crippen LogP contribution in [0, 0.1) is 0 Å². The third-order valence-electron chi connectivity index (χ3n) is 4.27. The number of amides is 1. The van der Waals surface area contributed by atoms with Crippen LogP contribution in [0.25, 0.3) is 11.0 Å². The number of halogens is 3. The zero-order chi connectivity index (χ0) is 19.0. The average Bonchev–Trinajstić information content (AvgIpc) is 3.00. The van der Waals surface area contributed by atoms with Gasteiger partial charge in [-0.2, -0.15) is 13.2 Å². The fraction of sp³-hybridized carbons (Fsp3) is 0.278. The van der Waals surface area contributed by atoms with Gasteiger partial charge in [-0.3, -0.25) is 4.79 Å². The Kier molecular flexibility index (Phi) is 4.21. The molecule has 1 saturated heterocycles. The number of para-hydroxylation sites is 1. The molecule has 0 saturated carbocycles. The fourth-order valence-corrected chi connectivity index (χ4v) is 2.85. The summed E-state index contributed by atoms with van der Waals surface area (Å²) in [6, 6.07) is 10.7.